The molecule has 0 radical (unpaired) electrons. The zero-order valence-electron chi connectivity index (χ0n) is 8.77. The molecule has 0 amide bonds. The molecule has 2 rings (SSSR count). The van der Waals surface area contributed by atoms with E-state index in [9.17, 15) is 5.11 Å². The molecule has 1 N–H and O–H groups in total. The van der Waals surface area contributed by atoms with Crippen LogP contribution in [0.4, 0.5) is 0 Å². The van der Waals surface area contributed by atoms with Gasteiger partial charge in [0.2, 0.25) is 0 Å². The molecule has 3 heteroatoms. The quantitative estimate of drug-likeness (QED) is 0.870. The van der Waals surface area contributed by atoms with Crippen LogP contribution in [0.1, 0.15) is 23.0 Å². The Morgan fingerprint density at radius 2 is 1.94 bits per heavy atom. The van der Waals surface area contributed by atoms with Crippen molar-refractivity contribution in [3.63, 3.8) is 0 Å². The largest absolute Gasteiger partial charge is 0.388 e. The van der Waals surface area contributed by atoms with E-state index in [0.29, 0.717) is 0 Å². The second kappa shape index (κ2) is 5.48. The van der Waals surface area contributed by atoms with Crippen LogP contribution in [-0.4, -0.2) is 5.11 Å². The van der Waals surface area contributed by atoms with E-state index in [1.807, 2.05) is 41.8 Å². The number of aryl methyl sites for hydroxylation is 1. The maximum Gasteiger partial charge on any atom is 0.0885 e. The van der Waals surface area contributed by atoms with E-state index in [1.54, 1.807) is 11.3 Å². The lowest BCUT2D eigenvalue weighted by atomic mass is 10.1. The molecule has 16 heavy (non-hydrogen) atoms. The molecule has 2 aromatic rings. The number of aliphatic hydroxyl groups excluding tert-OH is 1. The molecule has 0 aliphatic heterocycles. The predicted molar refractivity (Wildman–Crippen MR) is 69.1 cm³/mol. The van der Waals surface area contributed by atoms with Crippen LogP contribution < -0.4 is 0 Å². The van der Waals surface area contributed by atoms with Gasteiger partial charge >= 0.3 is 0 Å². The van der Waals surface area contributed by atoms with Crippen LogP contribution >= 0.6 is 22.9 Å². The summed E-state index contributed by atoms with van der Waals surface area (Å²) in [6.45, 7) is 0. The Kier molecular flexibility index (Phi) is 3.99. The average Bonchev–Trinajstić information content (AvgIpc) is 2.81. The fourth-order valence-corrected chi connectivity index (χ4v) is 2.45. The molecular weight excluding hydrogens is 240 g/mol. The molecule has 0 aliphatic carbocycles. The molecule has 84 valence electrons. The molecule has 1 unspecified atom stereocenters. The van der Waals surface area contributed by atoms with Crippen molar-refractivity contribution in [1.82, 2.24) is 0 Å². The number of hydrogen-bond donors (Lipinski definition) is 1. The Labute approximate surface area is 104 Å². The minimum Gasteiger partial charge on any atom is -0.388 e. The van der Waals surface area contributed by atoms with Crippen molar-refractivity contribution in [3.8, 4) is 0 Å². The molecule has 1 nitrogen and oxygen atoms in total. The average molecular weight is 253 g/mol. The molecular formula is C13H13ClOS. The van der Waals surface area contributed by atoms with Crippen molar-refractivity contribution >= 4 is 22.9 Å². The Morgan fingerprint density at radius 3 is 2.56 bits per heavy atom. The first-order chi connectivity index (χ1) is 7.75. The number of thiophene rings is 1. The van der Waals surface area contributed by atoms with Gasteiger partial charge in [0.25, 0.3) is 0 Å². The molecule has 0 bridgehead atoms. The topological polar surface area (TPSA) is 20.2 Å². The van der Waals surface area contributed by atoms with Gasteiger partial charge in [0, 0.05) is 9.90 Å². The van der Waals surface area contributed by atoms with Crippen molar-refractivity contribution in [2.24, 2.45) is 0 Å². The van der Waals surface area contributed by atoms with Gasteiger partial charge in [-0.3, -0.25) is 0 Å². The normalized spacial score (nSPS) is 12.6. The molecule has 0 aliphatic rings. The first kappa shape index (κ1) is 11.6. The first-order valence-corrected chi connectivity index (χ1v) is 6.47. The van der Waals surface area contributed by atoms with Crippen LogP contribution in [0.5, 0.6) is 0 Å². The number of benzene rings is 1. The Hall–Kier alpha value is -0.830. The van der Waals surface area contributed by atoms with Gasteiger partial charge < -0.3 is 5.11 Å². The van der Waals surface area contributed by atoms with Crippen molar-refractivity contribution < 1.29 is 5.11 Å². The summed E-state index contributed by atoms with van der Waals surface area (Å²) in [5, 5.41) is 12.6. The van der Waals surface area contributed by atoms with Crippen molar-refractivity contribution in [3.05, 3.63) is 57.2 Å². The van der Waals surface area contributed by atoms with E-state index in [1.165, 1.54) is 5.56 Å². The fraction of sp³-hybridized carbons (Fsp3) is 0.231. The summed E-state index contributed by atoms with van der Waals surface area (Å²) in [4.78, 5) is 1.04. The summed E-state index contributed by atoms with van der Waals surface area (Å²) >= 11 is 7.41. The Bertz CT molecular complexity index is 422. The van der Waals surface area contributed by atoms with Crippen molar-refractivity contribution in [2.45, 2.75) is 18.9 Å². The minimum absolute atomic E-state index is 0.351. The lowest BCUT2D eigenvalue weighted by Gasteiger charge is -2.08. The molecule has 0 saturated carbocycles. The molecule has 0 spiro atoms. The summed E-state index contributed by atoms with van der Waals surface area (Å²) in [5.74, 6) is 0. The fourth-order valence-electron chi connectivity index (χ4n) is 1.58. The highest BCUT2D eigenvalue weighted by Gasteiger charge is 2.08. The van der Waals surface area contributed by atoms with Crippen LogP contribution in [0.2, 0.25) is 5.02 Å². The highest BCUT2D eigenvalue weighted by Crippen LogP contribution is 2.23. The van der Waals surface area contributed by atoms with E-state index in [0.717, 1.165) is 22.7 Å². The van der Waals surface area contributed by atoms with Gasteiger partial charge in [0.1, 0.15) is 0 Å². The Morgan fingerprint density at radius 1 is 1.19 bits per heavy atom. The summed E-state index contributed by atoms with van der Waals surface area (Å²) in [7, 11) is 0. The van der Waals surface area contributed by atoms with Crippen molar-refractivity contribution in [1.29, 1.82) is 0 Å². The predicted octanol–water partition coefficient (Wildman–Crippen LogP) is 4.07. The molecule has 1 heterocycles. The standard InChI is InChI=1S/C13H13ClOS/c14-11-6-3-10(4-7-11)5-8-12(15)13-2-1-9-16-13/h1-4,6-7,9,12,15H,5,8H2. The lowest BCUT2D eigenvalue weighted by molar-refractivity contribution is 0.171. The first-order valence-electron chi connectivity index (χ1n) is 5.21. The second-order valence-electron chi connectivity index (χ2n) is 3.70. The summed E-state index contributed by atoms with van der Waals surface area (Å²) in [5.41, 5.74) is 1.21. The van der Waals surface area contributed by atoms with Crippen LogP contribution in [0.15, 0.2) is 41.8 Å². The second-order valence-corrected chi connectivity index (χ2v) is 5.11. The van der Waals surface area contributed by atoms with E-state index in [-0.39, 0.29) is 6.10 Å². The molecule has 0 fully saturated rings. The molecule has 1 aromatic carbocycles. The highest BCUT2D eigenvalue weighted by molar-refractivity contribution is 7.10. The van der Waals surface area contributed by atoms with Crippen LogP contribution in [-0.2, 0) is 6.42 Å². The number of aliphatic hydroxyl groups is 1. The molecule has 1 atom stereocenters. The van der Waals surface area contributed by atoms with Gasteiger partial charge in [-0.15, -0.1) is 11.3 Å². The van der Waals surface area contributed by atoms with Gasteiger partial charge in [-0.1, -0.05) is 29.8 Å². The van der Waals surface area contributed by atoms with Crippen LogP contribution in [0, 0.1) is 0 Å². The van der Waals surface area contributed by atoms with E-state index in [2.05, 4.69) is 0 Å². The zero-order chi connectivity index (χ0) is 11.4. The molecule has 1 aromatic heterocycles. The highest BCUT2D eigenvalue weighted by atomic mass is 35.5. The number of halogens is 1. The van der Waals surface area contributed by atoms with Crippen LogP contribution in [0.25, 0.3) is 0 Å². The smallest absolute Gasteiger partial charge is 0.0885 e. The van der Waals surface area contributed by atoms with Gasteiger partial charge in [0.05, 0.1) is 6.10 Å². The maximum absolute atomic E-state index is 9.91. The summed E-state index contributed by atoms with van der Waals surface area (Å²) < 4.78 is 0. The summed E-state index contributed by atoms with van der Waals surface area (Å²) in [6, 6.07) is 11.7. The van der Waals surface area contributed by atoms with E-state index < -0.39 is 0 Å². The lowest BCUT2D eigenvalue weighted by Crippen LogP contribution is -1.97. The zero-order valence-corrected chi connectivity index (χ0v) is 10.3. The van der Waals surface area contributed by atoms with Gasteiger partial charge in [-0.25, -0.2) is 0 Å². The number of hydrogen-bond acceptors (Lipinski definition) is 2. The summed E-state index contributed by atoms with van der Waals surface area (Å²) in [6.07, 6.45) is 1.27. The monoisotopic (exact) mass is 252 g/mol. The van der Waals surface area contributed by atoms with Gasteiger partial charge in [-0.05, 0) is 42.0 Å². The van der Waals surface area contributed by atoms with Crippen LogP contribution in [0.3, 0.4) is 0 Å². The van der Waals surface area contributed by atoms with Crippen molar-refractivity contribution in [2.75, 3.05) is 0 Å². The minimum atomic E-state index is -0.351. The van der Waals surface area contributed by atoms with Gasteiger partial charge in [0.15, 0.2) is 0 Å². The third kappa shape index (κ3) is 3.08. The van der Waals surface area contributed by atoms with E-state index in [4.69, 9.17) is 11.6 Å². The third-order valence-corrected chi connectivity index (χ3v) is 3.72. The van der Waals surface area contributed by atoms with E-state index >= 15 is 0 Å². The Balaban J connectivity index is 1.90. The third-order valence-electron chi connectivity index (χ3n) is 2.49. The number of rotatable bonds is 4. The molecule has 0 saturated heterocycles. The SMILES string of the molecule is OC(CCc1ccc(Cl)cc1)c1cccs1. The van der Waals surface area contributed by atoms with Gasteiger partial charge in [-0.2, -0.15) is 0 Å². The maximum atomic E-state index is 9.91.